The molecule has 0 saturated carbocycles. The molecule has 1 heterocycles. The molecule has 1 atom stereocenters. The summed E-state index contributed by atoms with van der Waals surface area (Å²) < 4.78 is 24.4. The van der Waals surface area contributed by atoms with Crippen LogP contribution in [0.4, 0.5) is 0 Å². The van der Waals surface area contributed by atoms with Crippen LogP contribution >= 0.6 is 0 Å². The number of nitrogens with one attached hydrogen (secondary N) is 1. The molecule has 3 rings (SSSR count). The fourth-order valence-corrected chi connectivity index (χ4v) is 3.70. The molecule has 0 aliphatic heterocycles. The van der Waals surface area contributed by atoms with Crippen LogP contribution in [-0.2, 0) is 9.84 Å². The molecule has 0 aliphatic carbocycles. The number of aliphatic hydroxyl groups is 1. The highest BCUT2D eigenvalue weighted by atomic mass is 32.2. The Bertz CT molecular complexity index is 1150. The molecule has 30 heavy (non-hydrogen) atoms. The van der Waals surface area contributed by atoms with Crippen LogP contribution < -0.4 is 5.32 Å². The number of hydrogen-bond acceptors (Lipinski definition) is 5. The fraction of sp³-hybridized carbons (Fsp3) is 0.217. The van der Waals surface area contributed by atoms with E-state index in [1.54, 1.807) is 30.5 Å². The van der Waals surface area contributed by atoms with Gasteiger partial charge in [0, 0.05) is 23.7 Å². The van der Waals surface area contributed by atoms with E-state index in [-0.39, 0.29) is 17.1 Å². The highest BCUT2D eigenvalue weighted by Crippen LogP contribution is 2.26. The third-order valence-electron chi connectivity index (χ3n) is 4.81. The number of nitrogens with zero attached hydrogens (tertiary/aromatic N) is 1. The zero-order chi connectivity index (χ0) is 21.9. The van der Waals surface area contributed by atoms with Gasteiger partial charge in [0.05, 0.1) is 17.5 Å². The lowest BCUT2D eigenvalue weighted by Gasteiger charge is -2.17. The van der Waals surface area contributed by atoms with Crippen molar-refractivity contribution in [2.75, 3.05) is 12.9 Å². The van der Waals surface area contributed by atoms with Crippen molar-refractivity contribution in [3.63, 3.8) is 0 Å². The topological polar surface area (TPSA) is 96.4 Å². The first-order valence-corrected chi connectivity index (χ1v) is 11.3. The summed E-state index contributed by atoms with van der Waals surface area (Å²) in [7, 11) is -3.53. The van der Waals surface area contributed by atoms with Crippen molar-refractivity contribution in [1.29, 1.82) is 0 Å². The van der Waals surface area contributed by atoms with Gasteiger partial charge in [-0.1, -0.05) is 35.9 Å². The van der Waals surface area contributed by atoms with Gasteiger partial charge in [0.1, 0.15) is 0 Å². The quantitative estimate of drug-likeness (QED) is 0.633. The van der Waals surface area contributed by atoms with E-state index >= 15 is 0 Å². The van der Waals surface area contributed by atoms with Gasteiger partial charge in [-0.25, -0.2) is 8.42 Å². The summed E-state index contributed by atoms with van der Waals surface area (Å²) in [6.07, 6.45) is 2.71. The van der Waals surface area contributed by atoms with Crippen LogP contribution in [0.15, 0.2) is 65.7 Å². The summed E-state index contributed by atoms with van der Waals surface area (Å²) in [6.45, 7) is 3.50. The van der Waals surface area contributed by atoms with Crippen LogP contribution in [0, 0.1) is 13.8 Å². The Balaban J connectivity index is 1.98. The summed E-state index contributed by atoms with van der Waals surface area (Å²) in [5.41, 5.74) is 4.20. The van der Waals surface area contributed by atoms with Gasteiger partial charge in [0.2, 0.25) is 0 Å². The number of sulfone groups is 1. The summed E-state index contributed by atoms with van der Waals surface area (Å²) in [4.78, 5) is 17.2. The number of aromatic nitrogens is 1. The molecule has 6 nitrogen and oxygen atoms in total. The second-order valence-corrected chi connectivity index (χ2v) is 9.34. The summed E-state index contributed by atoms with van der Waals surface area (Å²) in [5.74, 6) is -0.478. The molecule has 0 bridgehead atoms. The molecule has 2 N–H and O–H groups in total. The second-order valence-electron chi connectivity index (χ2n) is 7.33. The summed E-state index contributed by atoms with van der Waals surface area (Å²) >= 11 is 0. The highest BCUT2D eigenvalue weighted by molar-refractivity contribution is 7.90. The van der Waals surface area contributed by atoms with Gasteiger partial charge < -0.3 is 10.4 Å². The Hall–Kier alpha value is -3.03. The van der Waals surface area contributed by atoms with Crippen molar-refractivity contribution in [3.8, 4) is 11.1 Å². The van der Waals surface area contributed by atoms with Gasteiger partial charge in [-0.3, -0.25) is 9.78 Å². The first kappa shape index (κ1) is 21.7. The minimum Gasteiger partial charge on any atom is -0.394 e. The van der Waals surface area contributed by atoms with E-state index in [1.807, 2.05) is 38.1 Å². The van der Waals surface area contributed by atoms with E-state index in [0.29, 0.717) is 11.1 Å². The number of aryl methyl sites for hydroxylation is 2. The maximum atomic E-state index is 12.9. The molecule has 0 radical (unpaired) electrons. The Kier molecular flexibility index (Phi) is 6.34. The number of pyridine rings is 1. The van der Waals surface area contributed by atoms with E-state index in [4.69, 9.17) is 0 Å². The first-order valence-electron chi connectivity index (χ1n) is 9.44. The number of aliphatic hydroxyl groups excluding tert-OH is 1. The molecule has 1 unspecified atom stereocenters. The Morgan fingerprint density at radius 1 is 1.03 bits per heavy atom. The van der Waals surface area contributed by atoms with Gasteiger partial charge in [-0.05, 0) is 54.8 Å². The molecule has 0 aliphatic rings. The molecule has 0 spiro atoms. The second kappa shape index (κ2) is 8.77. The lowest BCUT2D eigenvalue weighted by Crippen LogP contribution is -2.31. The van der Waals surface area contributed by atoms with Crippen LogP contribution in [0.2, 0.25) is 0 Å². The number of carbonyl (C=O) groups excluding carboxylic acids is 1. The molecule has 156 valence electrons. The van der Waals surface area contributed by atoms with Gasteiger partial charge in [-0.15, -0.1) is 0 Å². The number of benzene rings is 2. The first-order chi connectivity index (χ1) is 14.2. The third-order valence-corrected chi connectivity index (χ3v) is 5.90. The normalized spacial score (nSPS) is 12.4. The zero-order valence-electron chi connectivity index (χ0n) is 17.1. The van der Waals surface area contributed by atoms with Gasteiger partial charge >= 0.3 is 0 Å². The van der Waals surface area contributed by atoms with Gasteiger partial charge in [0.25, 0.3) is 5.91 Å². The van der Waals surface area contributed by atoms with Crippen molar-refractivity contribution < 1.29 is 18.3 Å². The molecule has 0 fully saturated rings. The van der Waals surface area contributed by atoms with E-state index in [0.717, 1.165) is 23.1 Å². The van der Waals surface area contributed by atoms with Crippen molar-refractivity contribution >= 4 is 15.7 Å². The lowest BCUT2D eigenvalue weighted by molar-refractivity contribution is 0.0916. The van der Waals surface area contributed by atoms with Crippen LogP contribution in [0.3, 0.4) is 0 Å². The van der Waals surface area contributed by atoms with Crippen LogP contribution in [0.1, 0.15) is 33.2 Å². The van der Waals surface area contributed by atoms with Crippen molar-refractivity contribution in [2.24, 2.45) is 0 Å². The monoisotopic (exact) mass is 424 g/mol. The van der Waals surface area contributed by atoms with E-state index in [1.165, 1.54) is 6.07 Å². The molecule has 0 saturated heterocycles. The van der Waals surface area contributed by atoms with E-state index in [2.05, 4.69) is 10.3 Å². The zero-order valence-corrected chi connectivity index (χ0v) is 17.9. The van der Waals surface area contributed by atoms with Crippen molar-refractivity contribution in [2.45, 2.75) is 24.8 Å². The average Bonchev–Trinajstić information content (AvgIpc) is 2.72. The summed E-state index contributed by atoms with van der Waals surface area (Å²) in [5, 5.41) is 12.5. The standard InChI is InChI=1S/C23H24N2O4S/c1-15-4-7-17(8-5-15)19-10-20(12-21(11-19)30(3,28)29)23(27)25-22(14-26)18-9-6-16(2)24-13-18/h4-13,22,26H,14H2,1-3H3,(H,25,27). The fourth-order valence-electron chi connectivity index (χ4n) is 3.02. The molecular formula is C23H24N2O4S. The van der Waals surface area contributed by atoms with E-state index in [9.17, 15) is 18.3 Å². The molecular weight excluding hydrogens is 400 g/mol. The maximum absolute atomic E-state index is 12.9. The molecule has 2 aromatic carbocycles. The molecule has 7 heteroatoms. The molecule has 1 aromatic heterocycles. The predicted molar refractivity (Wildman–Crippen MR) is 116 cm³/mol. The Morgan fingerprint density at radius 3 is 2.30 bits per heavy atom. The SMILES string of the molecule is Cc1ccc(-c2cc(C(=O)NC(CO)c3ccc(C)nc3)cc(S(C)(=O)=O)c2)cc1. The van der Waals surface area contributed by atoms with E-state index < -0.39 is 21.8 Å². The van der Waals surface area contributed by atoms with Crippen LogP contribution in [0.25, 0.3) is 11.1 Å². The smallest absolute Gasteiger partial charge is 0.251 e. The maximum Gasteiger partial charge on any atom is 0.251 e. The summed E-state index contributed by atoms with van der Waals surface area (Å²) in [6, 6.07) is 15.1. The number of hydrogen-bond donors (Lipinski definition) is 2. The van der Waals surface area contributed by atoms with Crippen LogP contribution in [-0.4, -0.2) is 37.3 Å². The third kappa shape index (κ3) is 5.11. The molecule has 1 amide bonds. The van der Waals surface area contributed by atoms with Crippen molar-refractivity contribution in [1.82, 2.24) is 10.3 Å². The Labute approximate surface area is 176 Å². The average molecular weight is 425 g/mol. The number of amides is 1. The van der Waals surface area contributed by atoms with Gasteiger partial charge in [0.15, 0.2) is 9.84 Å². The highest BCUT2D eigenvalue weighted by Gasteiger charge is 2.19. The van der Waals surface area contributed by atoms with Gasteiger partial charge in [-0.2, -0.15) is 0 Å². The predicted octanol–water partition coefficient (Wildman–Crippen LogP) is 3.23. The Morgan fingerprint density at radius 2 is 1.73 bits per heavy atom. The van der Waals surface area contributed by atoms with Crippen molar-refractivity contribution in [3.05, 3.63) is 83.2 Å². The minimum atomic E-state index is -3.53. The molecule has 3 aromatic rings. The number of rotatable bonds is 6. The largest absolute Gasteiger partial charge is 0.394 e. The number of carbonyl (C=O) groups is 1. The lowest BCUT2D eigenvalue weighted by atomic mass is 10.0. The van der Waals surface area contributed by atoms with Crippen LogP contribution in [0.5, 0.6) is 0 Å². The minimum absolute atomic E-state index is 0.0586.